The minimum atomic E-state index is 0.913. The Morgan fingerprint density at radius 1 is 0.264 bits per heavy atom. The van der Waals surface area contributed by atoms with Gasteiger partial charge in [-0.15, -0.1) is 0 Å². The van der Waals surface area contributed by atoms with Crippen molar-refractivity contribution < 1.29 is 4.42 Å². The average Bonchev–Trinajstić information content (AvgIpc) is 3.60. The van der Waals surface area contributed by atoms with Crippen LogP contribution in [0.2, 0.25) is 0 Å². The normalized spacial score (nSPS) is 11.8. The summed E-state index contributed by atoms with van der Waals surface area (Å²) < 4.78 is 6.59. The van der Waals surface area contributed by atoms with E-state index in [0.29, 0.717) is 0 Å². The summed E-state index contributed by atoms with van der Waals surface area (Å²) >= 11 is 0. The van der Waals surface area contributed by atoms with Crippen LogP contribution in [0, 0.1) is 0 Å². The van der Waals surface area contributed by atoms with E-state index in [-0.39, 0.29) is 0 Å². The number of fused-ring (bicyclic) bond motifs is 7. The molecule has 0 aliphatic carbocycles. The molecule has 11 aromatic rings. The summed E-state index contributed by atoms with van der Waals surface area (Å²) in [5.41, 5.74) is 11.5. The molecule has 10 aromatic carbocycles. The molecule has 0 aliphatic rings. The standard InChI is InChI=1S/C52H32O/c1-3-18-39-33(13-1)15-12-25-40(39)36-16-11-17-38(31-36)50-45-23-7-5-21-43(45)49(44-22-6-8-24-46(44)50)34-27-29-35(30-28-34)51-41-19-4-2-14-37(41)32-47-42-20-9-10-26-48(42)53-52(47)51/h1-32H. The largest absolute Gasteiger partial charge is 0.455 e. The fourth-order valence-corrected chi connectivity index (χ4v) is 8.68. The SMILES string of the molecule is c1cc(-c2cccc3ccccc23)cc(-c2c3ccccc3c(-c3ccc(-c4c5ccccc5cc5c4oc4ccccc45)cc3)c3ccccc23)c1. The summed E-state index contributed by atoms with van der Waals surface area (Å²) in [5.74, 6) is 0. The summed E-state index contributed by atoms with van der Waals surface area (Å²) in [4.78, 5) is 0. The van der Waals surface area contributed by atoms with Gasteiger partial charge in [-0.25, -0.2) is 0 Å². The van der Waals surface area contributed by atoms with E-state index in [0.717, 1.165) is 33.1 Å². The average molecular weight is 673 g/mol. The van der Waals surface area contributed by atoms with Crippen LogP contribution in [0.15, 0.2) is 199 Å². The Morgan fingerprint density at radius 3 is 1.45 bits per heavy atom. The highest BCUT2D eigenvalue weighted by molar-refractivity contribution is 6.22. The third kappa shape index (κ3) is 4.64. The Hall–Kier alpha value is -6.96. The monoisotopic (exact) mass is 672 g/mol. The van der Waals surface area contributed by atoms with E-state index in [4.69, 9.17) is 4.42 Å². The molecule has 1 aromatic heterocycles. The molecule has 0 unspecified atom stereocenters. The van der Waals surface area contributed by atoms with Crippen LogP contribution in [-0.2, 0) is 0 Å². The first-order chi connectivity index (χ1) is 26.3. The van der Waals surface area contributed by atoms with Crippen molar-refractivity contribution in [3.05, 3.63) is 194 Å². The Morgan fingerprint density at radius 2 is 0.755 bits per heavy atom. The summed E-state index contributed by atoms with van der Waals surface area (Å²) in [6.07, 6.45) is 0. The zero-order chi connectivity index (χ0) is 34.9. The van der Waals surface area contributed by atoms with Gasteiger partial charge in [-0.2, -0.15) is 0 Å². The molecule has 0 amide bonds. The Kier molecular flexibility index (Phi) is 6.62. The molecule has 0 spiro atoms. The Labute approximate surface area is 307 Å². The molecule has 0 saturated carbocycles. The van der Waals surface area contributed by atoms with Gasteiger partial charge in [0.1, 0.15) is 11.2 Å². The molecule has 0 bridgehead atoms. The second-order valence-corrected chi connectivity index (χ2v) is 14.0. The van der Waals surface area contributed by atoms with Crippen molar-refractivity contribution in [2.45, 2.75) is 0 Å². The number of furan rings is 1. The van der Waals surface area contributed by atoms with Crippen LogP contribution in [0.3, 0.4) is 0 Å². The second kappa shape index (κ2) is 11.8. The third-order valence-electron chi connectivity index (χ3n) is 11.0. The lowest BCUT2D eigenvalue weighted by molar-refractivity contribution is 0.670. The van der Waals surface area contributed by atoms with Gasteiger partial charge in [0.15, 0.2) is 0 Å². The van der Waals surface area contributed by atoms with Crippen LogP contribution < -0.4 is 0 Å². The second-order valence-electron chi connectivity index (χ2n) is 14.0. The van der Waals surface area contributed by atoms with Crippen LogP contribution in [-0.4, -0.2) is 0 Å². The van der Waals surface area contributed by atoms with Crippen molar-refractivity contribution in [2.24, 2.45) is 0 Å². The minimum Gasteiger partial charge on any atom is -0.455 e. The zero-order valence-corrected chi connectivity index (χ0v) is 28.9. The molecule has 0 fully saturated rings. The van der Waals surface area contributed by atoms with Gasteiger partial charge in [-0.05, 0) is 100 Å². The first-order valence-electron chi connectivity index (χ1n) is 18.3. The van der Waals surface area contributed by atoms with E-state index >= 15 is 0 Å². The van der Waals surface area contributed by atoms with E-state index in [1.807, 2.05) is 6.07 Å². The molecule has 0 aliphatic heterocycles. The van der Waals surface area contributed by atoms with Gasteiger partial charge < -0.3 is 4.42 Å². The summed E-state index contributed by atoms with van der Waals surface area (Å²) in [6.45, 7) is 0. The number of hydrogen-bond acceptors (Lipinski definition) is 1. The molecule has 1 nitrogen and oxygen atoms in total. The molecule has 1 heteroatoms. The lowest BCUT2D eigenvalue weighted by Gasteiger charge is -2.18. The smallest absolute Gasteiger partial charge is 0.143 e. The molecular formula is C52H32O. The van der Waals surface area contributed by atoms with Gasteiger partial charge in [-0.1, -0.05) is 176 Å². The number of hydrogen-bond donors (Lipinski definition) is 0. The molecule has 0 saturated heterocycles. The number of para-hydroxylation sites is 1. The summed E-state index contributed by atoms with van der Waals surface area (Å²) in [5, 5.41) is 12.2. The van der Waals surface area contributed by atoms with Crippen molar-refractivity contribution >= 4 is 65.0 Å². The van der Waals surface area contributed by atoms with Gasteiger partial charge in [0.2, 0.25) is 0 Å². The van der Waals surface area contributed by atoms with Gasteiger partial charge in [0.05, 0.1) is 0 Å². The number of benzene rings is 10. The molecule has 0 atom stereocenters. The highest BCUT2D eigenvalue weighted by Crippen LogP contribution is 2.46. The summed E-state index contributed by atoms with van der Waals surface area (Å²) in [6, 6.07) is 70.5. The van der Waals surface area contributed by atoms with Gasteiger partial charge in [0.25, 0.3) is 0 Å². The molecule has 11 rings (SSSR count). The van der Waals surface area contributed by atoms with Gasteiger partial charge in [0, 0.05) is 16.3 Å². The Balaban J connectivity index is 1.11. The third-order valence-corrected chi connectivity index (χ3v) is 11.0. The predicted octanol–water partition coefficient (Wildman–Crippen LogP) is 14.9. The lowest BCUT2D eigenvalue weighted by atomic mass is 9.85. The van der Waals surface area contributed by atoms with Crippen molar-refractivity contribution in [1.82, 2.24) is 0 Å². The maximum atomic E-state index is 6.59. The Bertz CT molecular complexity index is 3150. The lowest BCUT2D eigenvalue weighted by Crippen LogP contribution is -1.91. The fraction of sp³-hybridized carbons (Fsp3) is 0. The van der Waals surface area contributed by atoms with Gasteiger partial charge in [-0.3, -0.25) is 0 Å². The van der Waals surface area contributed by atoms with Crippen LogP contribution >= 0.6 is 0 Å². The van der Waals surface area contributed by atoms with E-state index in [1.54, 1.807) is 0 Å². The summed E-state index contributed by atoms with van der Waals surface area (Å²) in [7, 11) is 0. The van der Waals surface area contributed by atoms with Crippen LogP contribution in [0.4, 0.5) is 0 Å². The van der Waals surface area contributed by atoms with Crippen molar-refractivity contribution in [2.75, 3.05) is 0 Å². The van der Waals surface area contributed by atoms with Crippen molar-refractivity contribution in [1.29, 1.82) is 0 Å². The van der Waals surface area contributed by atoms with E-state index < -0.39 is 0 Å². The fourth-order valence-electron chi connectivity index (χ4n) is 8.68. The molecule has 0 N–H and O–H groups in total. The van der Waals surface area contributed by atoms with E-state index in [9.17, 15) is 0 Å². The quantitative estimate of drug-likeness (QED) is 0.170. The highest BCUT2D eigenvalue weighted by atomic mass is 16.3. The topological polar surface area (TPSA) is 13.1 Å². The first-order valence-corrected chi connectivity index (χ1v) is 18.3. The van der Waals surface area contributed by atoms with Crippen LogP contribution in [0.1, 0.15) is 0 Å². The zero-order valence-electron chi connectivity index (χ0n) is 28.9. The predicted molar refractivity (Wildman–Crippen MR) is 225 cm³/mol. The van der Waals surface area contributed by atoms with Crippen LogP contribution in [0.5, 0.6) is 0 Å². The molecular weight excluding hydrogens is 641 g/mol. The number of rotatable bonds is 4. The maximum absolute atomic E-state index is 6.59. The minimum absolute atomic E-state index is 0.913. The van der Waals surface area contributed by atoms with E-state index in [1.165, 1.54) is 76.5 Å². The first kappa shape index (κ1) is 29.7. The van der Waals surface area contributed by atoms with Crippen LogP contribution in [0.25, 0.3) is 110 Å². The molecule has 246 valence electrons. The molecule has 1 heterocycles. The maximum Gasteiger partial charge on any atom is 0.143 e. The van der Waals surface area contributed by atoms with Crippen molar-refractivity contribution in [3.63, 3.8) is 0 Å². The van der Waals surface area contributed by atoms with Crippen molar-refractivity contribution in [3.8, 4) is 44.5 Å². The molecule has 0 radical (unpaired) electrons. The van der Waals surface area contributed by atoms with E-state index in [2.05, 4.69) is 188 Å². The molecule has 53 heavy (non-hydrogen) atoms. The highest BCUT2D eigenvalue weighted by Gasteiger charge is 2.19. The van der Waals surface area contributed by atoms with Gasteiger partial charge >= 0.3 is 0 Å².